The van der Waals surface area contributed by atoms with Crippen molar-refractivity contribution in [2.24, 2.45) is 0 Å². The number of fused-ring (bicyclic) bond motifs is 1. The summed E-state index contributed by atoms with van der Waals surface area (Å²) in [6, 6.07) is 13.0. The second-order valence-electron chi connectivity index (χ2n) is 8.55. The van der Waals surface area contributed by atoms with E-state index in [1.165, 1.54) is 11.8 Å². The van der Waals surface area contributed by atoms with Crippen LogP contribution < -0.4 is 16.5 Å². The zero-order valence-corrected chi connectivity index (χ0v) is 20.6. The van der Waals surface area contributed by atoms with Crippen LogP contribution in [0.2, 0.25) is 10.0 Å². The minimum absolute atomic E-state index is 0.112. The van der Waals surface area contributed by atoms with Gasteiger partial charge in [-0.2, -0.15) is 4.98 Å². The predicted molar refractivity (Wildman–Crippen MR) is 138 cm³/mol. The first-order valence-electron chi connectivity index (χ1n) is 11.2. The Balaban J connectivity index is 1.42. The molecule has 0 radical (unpaired) electrons. The van der Waals surface area contributed by atoms with E-state index in [0.29, 0.717) is 11.3 Å². The third kappa shape index (κ3) is 4.94. The third-order valence-electron chi connectivity index (χ3n) is 6.04. The van der Waals surface area contributed by atoms with Crippen LogP contribution in [0.5, 0.6) is 0 Å². The second-order valence-corrected chi connectivity index (χ2v) is 9.36. The molecule has 9 nitrogen and oxygen atoms in total. The first-order chi connectivity index (χ1) is 16.9. The van der Waals surface area contributed by atoms with Gasteiger partial charge in [0, 0.05) is 44.6 Å². The normalized spacial score (nSPS) is 14.9. The number of rotatable bonds is 5. The zero-order chi connectivity index (χ0) is 24.5. The minimum atomic E-state index is -0.573. The Bertz CT molecular complexity index is 1490. The maximum Gasteiger partial charge on any atom is 0.333 e. The standard InChI is InChI=1S/C24H24Cl2N8O/c1-32-8-10-33(11-9-32)14-15-4-2-5-16(12-15)29-23-28-13-17-21(27)34(24(35)31-22(17)30-23)20-18(25)6-3-7-19(20)26/h2-7,12-13,27H,8-11,14H2,1H3,(H2,28,29,30,31,35). The molecule has 0 bridgehead atoms. The van der Waals surface area contributed by atoms with Crippen molar-refractivity contribution in [1.29, 1.82) is 5.41 Å². The number of anilines is 2. The van der Waals surface area contributed by atoms with Gasteiger partial charge in [0.25, 0.3) is 0 Å². The molecule has 1 aliphatic heterocycles. The summed E-state index contributed by atoms with van der Waals surface area (Å²) in [5.74, 6) is 0.317. The summed E-state index contributed by atoms with van der Waals surface area (Å²) in [5, 5.41) is 12.7. The summed E-state index contributed by atoms with van der Waals surface area (Å²) in [5.41, 5.74) is 1.84. The van der Waals surface area contributed by atoms with Crippen molar-refractivity contribution in [3.63, 3.8) is 0 Å². The van der Waals surface area contributed by atoms with Gasteiger partial charge in [0.05, 0.1) is 21.1 Å². The molecule has 1 fully saturated rings. The molecule has 0 atom stereocenters. The number of aromatic amines is 1. The maximum atomic E-state index is 12.9. The van der Waals surface area contributed by atoms with E-state index in [2.05, 4.69) is 49.2 Å². The van der Waals surface area contributed by atoms with E-state index in [-0.39, 0.29) is 26.9 Å². The molecular weight excluding hydrogens is 487 g/mol. The van der Waals surface area contributed by atoms with Gasteiger partial charge in [0.1, 0.15) is 5.49 Å². The highest BCUT2D eigenvalue weighted by molar-refractivity contribution is 6.37. The molecule has 1 aliphatic rings. The Labute approximate surface area is 211 Å². The first kappa shape index (κ1) is 23.5. The van der Waals surface area contributed by atoms with Crippen LogP contribution in [-0.2, 0) is 6.54 Å². The van der Waals surface area contributed by atoms with Crippen LogP contribution in [-0.4, -0.2) is 62.5 Å². The Morgan fingerprint density at radius 2 is 1.80 bits per heavy atom. The molecule has 0 amide bonds. The van der Waals surface area contributed by atoms with Crippen LogP contribution in [0.1, 0.15) is 5.56 Å². The molecular formula is C24H24Cl2N8O. The van der Waals surface area contributed by atoms with Gasteiger partial charge in [-0.25, -0.2) is 14.3 Å². The number of benzene rings is 2. The lowest BCUT2D eigenvalue weighted by atomic mass is 10.1. The summed E-state index contributed by atoms with van der Waals surface area (Å²) < 4.78 is 1.12. The lowest BCUT2D eigenvalue weighted by Crippen LogP contribution is -2.43. The first-order valence-corrected chi connectivity index (χ1v) is 11.9. The Kier molecular flexibility index (Phi) is 6.57. The maximum absolute atomic E-state index is 12.9. The fourth-order valence-electron chi connectivity index (χ4n) is 4.15. The number of nitrogens with zero attached hydrogens (tertiary/aromatic N) is 5. The largest absolute Gasteiger partial charge is 0.333 e. The van der Waals surface area contributed by atoms with E-state index in [1.54, 1.807) is 18.2 Å². The van der Waals surface area contributed by atoms with Crippen molar-refractivity contribution in [3.8, 4) is 5.69 Å². The van der Waals surface area contributed by atoms with Gasteiger partial charge in [0.2, 0.25) is 5.95 Å². The molecule has 35 heavy (non-hydrogen) atoms. The Morgan fingerprint density at radius 3 is 2.54 bits per heavy atom. The number of aromatic nitrogens is 4. The highest BCUT2D eigenvalue weighted by atomic mass is 35.5. The molecule has 2 aromatic heterocycles. The molecule has 0 unspecified atom stereocenters. The van der Waals surface area contributed by atoms with Gasteiger partial charge < -0.3 is 10.2 Å². The van der Waals surface area contributed by atoms with Crippen LogP contribution in [0.4, 0.5) is 11.6 Å². The molecule has 1 saturated heterocycles. The van der Waals surface area contributed by atoms with Gasteiger partial charge in [-0.1, -0.05) is 41.4 Å². The molecule has 5 rings (SSSR count). The van der Waals surface area contributed by atoms with Crippen molar-refractivity contribution in [3.05, 3.63) is 80.2 Å². The van der Waals surface area contributed by atoms with E-state index in [0.717, 1.165) is 43.0 Å². The molecule has 4 aromatic rings. The number of hydrogen-bond acceptors (Lipinski definition) is 7. The smallest absolute Gasteiger partial charge is 0.324 e. The summed E-state index contributed by atoms with van der Waals surface area (Å²) in [4.78, 5) is 29.2. The molecule has 0 saturated carbocycles. The van der Waals surface area contributed by atoms with Crippen molar-refractivity contribution >= 4 is 45.9 Å². The third-order valence-corrected chi connectivity index (χ3v) is 6.65. The molecule has 3 heterocycles. The summed E-state index contributed by atoms with van der Waals surface area (Å²) in [7, 11) is 2.15. The lowest BCUT2D eigenvalue weighted by Gasteiger charge is -2.32. The molecule has 180 valence electrons. The van der Waals surface area contributed by atoms with Crippen LogP contribution in [0.25, 0.3) is 16.7 Å². The van der Waals surface area contributed by atoms with E-state index in [4.69, 9.17) is 28.6 Å². The van der Waals surface area contributed by atoms with Crippen LogP contribution in [0.15, 0.2) is 53.5 Å². The van der Waals surface area contributed by atoms with Crippen molar-refractivity contribution in [2.75, 3.05) is 38.5 Å². The number of likely N-dealkylation sites (N-methyl/N-ethyl adjacent to an activating group) is 1. The van der Waals surface area contributed by atoms with Crippen LogP contribution in [0.3, 0.4) is 0 Å². The van der Waals surface area contributed by atoms with Crippen LogP contribution in [0, 0.1) is 5.41 Å². The number of nitrogens with one attached hydrogen (secondary N) is 3. The van der Waals surface area contributed by atoms with E-state index >= 15 is 0 Å². The van der Waals surface area contributed by atoms with E-state index in [1.807, 2.05) is 12.1 Å². The van der Waals surface area contributed by atoms with Crippen LogP contribution >= 0.6 is 23.2 Å². The topological polar surface area (TPSA) is 106 Å². The van der Waals surface area contributed by atoms with Gasteiger partial charge >= 0.3 is 5.69 Å². The van der Waals surface area contributed by atoms with Gasteiger partial charge in [-0.3, -0.25) is 15.3 Å². The SMILES string of the molecule is CN1CCN(Cc2cccc(Nc3ncc4c(=N)n(-c5c(Cl)cccc5Cl)c(=O)[nH]c4n3)c2)CC1. The highest BCUT2D eigenvalue weighted by Crippen LogP contribution is 2.26. The van der Waals surface area contributed by atoms with Crippen molar-refractivity contribution < 1.29 is 0 Å². The van der Waals surface area contributed by atoms with E-state index < -0.39 is 5.69 Å². The second kappa shape index (κ2) is 9.79. The van der Waals surface area contributed by atoms with E-state index in [9.17, 15) is 4.79 Å². The molecule has 0 aliphatic carbocycles. The fourth-order valence-corrected chi connectivity index (χ4v) is 4.71. The van der Waals surface area contributed by atoms with Crippen molar-refractivity contribution in [2.45, 2.75) is 6.54 Å². The monoisotopic (exact) mass is 510 g/mol. The Morgan fingerprint density at radius 1 is 1.09 bits per heavy atom. The highest BCUT2D eigenvalue weighted by Gasteiger charge is 2.16. The van der Waals surface area contributed by atoms with Gasteiger partial charge in [-0.05, 0) is 36.9 Å². The number of H-pyrrole nitrogens is 1. The number of halogens is 2. The molecule has 11 heteroatoms. The van der Waals surface area contributed by atoms with Gasteiger partial charge in [-0.15, -0.1) is 0 Å². The molecule has 2 aromatic carbocycles. The number of piperazine rings is 1. The molecule has 3 N–H and O–H groups in total. The Hall–Kier alpha value is -3.24. The minimum Gasteiger partial charge on any atom is -0.324 e. The molecule has 0 spiro atoms. The zero-order valence-electron chi connectivity index (χ0n) is 19.1. The number of para-hydroxylation sites is 1. The predicted octanol–water partition coefficient (Wildman–Crippen LogP) is 3.39. The summed E-state index contributed by atoms with van der Waals surface area (Å²) >= 11 is 12.5. The fraction of sp³-hybridized carbons (Fsp3) is 0.250. The van der Waals surface area contributed by atoms with Gasteiger partial charge in [0.15, 0.2) is 5.65 Å². The average molecular weight is 511 g/mol. The average Bonchev–Trinajstić information content (AvgIpc) is 2.82. The summed E-state index contributed by atoms with van der Waals surface area (Å²) in [6.07, 6.45) is 1.50. The summed E-state index contributed by atoms with van der Waals surface area (Å²) in [6.45, 7) is 5.11. The van der Waals surface area contributed by atoms with Crippen molar-refractivity contribution in [1.82, 2.24) is 29.3 Å². The lowest BCUT2D eigenvalue weighted by molar-refractivity contribution is 0.148. The quantitative estimate of drug-likeness (QED) is 0.380. The number of hydrogen-bond donors (Lipinski definition) is 3.